The number of nitrogens with one attached hydrogen (secondary N) is 1. The van der Waals surface area contributed by atoms with Crippen LogP contribution in [0.25, 0.3) is 0 Å². The highest BCUT2D eigenvalue weighted by Gasteiger charge is 2.22. The van der Waals surface area contributed by atoms with Gasteiger partial charge in [-0.3, -0.25) is 9.10 Å². The van der Waals surface area contributed by atoms with Crippen molar-refractivity contribution in [1.29, 1.82) is 0 Å². The van der Waals surface area contributed by atoms with Gasteiger partial charge in [0, 0.05) is 7.05 Å². The van der Waals surface area contributed by atoms with Crippen molar-refractivity contribution in [2.24, 2.45) is 0 Å². The van der Waals surface area contributed by atoms with Crippen LogP contribution in [0.5, 0.6) is 5.75 Å². The van der Waals surface area contributed by atoms with Crippen molar-refractivity contribution >= 4 is 21.6 Å². The van der Waals surface area contributed by atoms with Gasteiger partial charge in [-0.05, 0) is 80.0 Å². The van der Waals surface area contributed by atoms with Crippen LogP contribution >= 0.6 is 0 Å². The fraction of sp³-hybridized carbons (Fsp3) is 0.458. The lowest BCUT2D eigenvalue weighted by Crippen LogP contribution is -2.39. The summed E-state index contributed by atoms with van der Waals surface area (Å²) in [7, 11) is -1.83. The zero-order valence-corrected chi connectivity index (χ0v) is 19.5. The molecule has 1 N–H and O–H groups in total. The minimum atomic E-state index is -3.33. The summed E-state index contributed by atoms with van der Waals surface area (Å²) >= 11 is 0. The number of carbonyl (C=O) groups excluding carboxylic acids is 1. The third kappa shape index (κ3) is 5.79. The summed E-state index contributed by atoms with van der Waals surface area (Å²) in [6.45, 7) is 3.89. The van der Waals surface area contributed by atoms with E-state index in [1.54, 1.807) is 24.3 Å². The molecule has 3 rings (SSSR count). The molecule has 0 aliphatic heterocycles. The Kier molecular flexibility index (Phi) is 7.26. The number of aryl methyl sites for hydroxylation is 2. The Morgan fingerprint density at radius 1 is 1.10 bits per heavy atom. The second-order valence-corrected chi connectivity index (χ2v) is 10.2. The van der Waals surface area contributed by atoms with Gasteiger partial charge in [-0.1, -0.05) is 25.1 Å². The number of amides is 1. The number of nitrogens with zero attached hydrogens (tertiary/aromatic N) is 1. The van der Waals surface area contributed by atoms with Crippen LogP contribution in [0.1, 0.15) is 55.8 Å². The lowest BCUT2D eigenvalue weighted by molar-refractivity contribution is -0.128. The Morgan fingerprint density at radius 2 is 1.74 bits per heavy atom. The number of hydrogen-bond donors (Lipinski definition) is 1. The molecule has 2 atom stereocenters. The SMILES string of the molecule is CC[C@H](Oc1ccc(N(C)S(C)(=O)=O)cc1)C(=O)N[C@H](C)c1ccc2c(c1)CCCC2. The van der Waals surface area contributed by atoms with E-state index < -0.39 is 16.1 Å². The molecule has 0 fully saturated rings. The number of rotatable bonds is 8. The summed E-state index contributed by atoms with van der Waals surface area (Å²) in [4.78, 5) is 12.8. The van der Waals surface area contributed by atoms with Crippen LogP contribution in [0.15, 0.2) is 42.5 Å². The molecule has 0 bridgehead atoms. The van der Waals surface area contributed by atoms with Crippen LogP contribution in [0.2, 0.25) is 0 Å². The van der Waals surface area contributed by atoms with E-state index in [1.807, 2.05) is 13.8 Å². The van der Waals surface area contributed by atoms with E-state index in [1.165, 1.54) is 35.3 Å². The predicted octanol–water partition coefficient (Wildman–Crippen LogP) is 4.00. The molecule has 0 heterocycles. The highest BCUT2D eigenvalue weighted by Crippen LogP contribution is 2.25. The quantitative estimate of drug-likeness (QED) is 0.668. The van der Waals surface area contributed by atoms with Gasteiger partial charge in [-0.2, -0.15) is 0 Å². The van der Waals surface area contributed by atoms with E-state index in [0.29, 0.717) is 17.9 Å². The maximum Gasteiger partial charge on any atom is 0.261 e. The second-order valence-electron chi connectivity index (χ2n) is 8.20. The molecule has 2 aromatic carbocycles. The Balaban J connectivity index is 1.63. The van der Waals surface area contributed by atoms with E-state index in [4.69, 9.17) is 4.74 Å². The highest BCUT2D eigenvalue weighted by atomic mass is 32.2. The third-order valence-corrected chi connectivity index (χ3v) is 7.08. The molecule has 1 amide bonds. The number of benzene rings is 2. The van der Waals surface area contributed by atoms with Crippen LogP contribution in [-0.2, 0) is 27.7 Å². The van der Waals surface area contributed by atoms with Gasteiger partial charge in [0.05, 0.1) is 18.0 Å². The fourth-order valence-corrected chi connectivity index (χ4v) is 4.33. The monoisotopic (exact) mass is 444 g/mol. The number of hydrogen-bond acceptors (Lipinski definition) is 4. The molecule has 6 nitrogen and oxygen atoms in total. The molecule has 0 saturated carbocycles. The lowest BCUT2D eigenvalue weighted by atomic mass is 9.89. The summed E-state index contributed by atoms with van der Waals surface area (Å²) in [5.74, 6) is 0.360. The van der Waals surface area contributed by atoms with Crippen molar-refractivity contribution < 1.29 is 17.9 Å². The lowest BCUT2D eigenvalue weighted by Gasteiger charge is -2.23. The fourth-order valence-electron chi connectivity index (χ4n) is 3.82. The Morgan fingerprint density at radius 3 is 2.35 bits per heavy atom. The van der Waals surface area contributed by atoms with Crippen LogP contribution in [0.4, 0.5) is 5.69 Å². The minimum absolute atomic E-state index is 0.108. The number of ether oxygens (including phenoxy) is 1. The zero-order chi connectivity index (χ0) is 22.6. The van der Waals surface area contributed by atoms with Crippen molar-refractivity contribution in [2.75, 3.05) is 17.6 Å². The van der Waals surface area contributed by atoms with Crippen molar-refractivity contribution in [3.63, 3.8) is 0 Å². The molecule has 168 valence electrons. The average molecular weight is 445 g/mol. The van der Waals surface area contributed by atoms with Gasteiger partial charge in [0.2, 0.25) is 10.0 Å². The summed E-state index contributed by atoms with van der Waals surface area (Å²) in [6.07, 6.45) is 5.77. The van der Waals surface area contributed by atoms with Gasteiger partial charge in [0.1, 0.15) is 5.75 Å². The minimum Gasteiger partial charge on any atom is -0.481 e. The van der Waals surface area contributed by atoms with Crippen LogP contribution in [0.3, 0.4) is 0 Å². The molecule has 7 heteroatoms. The average Bonchev–Trinajstić information content (AvgIpc) is 2.76. The van der Waals surface area contributed by atoms with Gasteiger partial charge < -0.3 is 10.1 Å². The molecule has 0 unspecified atom stereocenters. The molecule has 0 spiro atoms. The van der Waals surface area contributed by atoms with Gasteiger partial charge in [0.15, 0.2) is 6.10 Å². The van der Waals surface area contributed by atoms with Gasteiger partial charge >= 0.3 is 0 Å². The first-order valence-electron chi connectivity index (χ1n) is 10.8. The zero-order valence-electron chi connectivity index (χ0n) is 18.7. The number of sulfonamides is 1. The number of carbonyl (C=O) groups is 1. The molecule has 0 aromatic heterocycles. The Bertz CT molecular complexity index is 1020. The van der Waals surface area contributed by atoms with Gasteiger partial charge in [0.25, 0.3) is 5.91 Å². The van der Waals surface area contributed by atoms with Crippen LogP contribution < -0.4 is 14.4 Å². The number of fused-ring (bicyclic) bond motifs is 1. The standard InChI is InChI=1S/C24H32N2O4S/c1-5-23(30-22-14-12-21(13-15-22)26(3)31(4,28)29)24(27)25-17(2)19-11-10-18-8-6-7-9-20(18)16-19/h10-17,23H,5-9H2,1-4H3,(H,25,27)/t17-,23+/m1/s1. The maximum absolute atomic E-state index is 12.8. The smallest absolute Gasteiger partial charge is 0.261 e. The van der Waals surface area contributed by atoms with Crippen LogP contribution in [0, 0.1) is 0 Å². The first-order chi connectivity index (χ1) is 14.7. The molecule has 0 saturated heterocycles. The summed E-state index contributed by atoms with van der Waals surface area (Å²) in [6, 6.07) is 13.1. The van der Waals surface area contributed by atoms with Crippen LogP contribution in [-0.4, -0.2) is 33.7 Å². The highest BCUT2D eigenvalue weighted by molar-refractivity contribution is 7.92. The summed E-state index contributed by atoms with van der Waals surface area (Å²) < 4.78 is 30.4. The van der Waals surface area contributed by atoms with E-state index in [-0.39, 0.29) is 11.9 Å². The first-order valence-corrected chi connectivity index (χ1v) is 12.7. The molecular weight excluding hydrogens is 412 g/mol. The third-order valence-electron chi connectivity index (χ3n) is 5.87. The summed E-state index contributed by atoms with van der Waals surface area (Å²) in [5.41, 5.74) is 4.46. The number of anilines is 1. The van der Waals surface area contributed by atoms with E-state index in [2.05, 4.69) is 23.5 Å². The maximum atomic E-state index is 12.8. The van der Waals surface area contributed by atoms with Gasteiger partial charge in [-0.25, -0.2) is 8.42 Å². The molecule has 2 aromatic rings. The first kappa shape index (κ1) is 23.1. The largest absolute Gasteiger partial charge is 0.481 e. The molecule has 1 aliphatic carbocycles. The summed E-state index contributed by atoms with van der Waals surface area (Å²) in [5, 5.41) is 3.07. The topological polar surface area (TPSA) is 75.7 Å². The molecule has 1 aliphatic rings. The predicted molar refractivity (Wildman–Crippen MR) is 124 cm³/mol. The van der Waals surface area contributed by atoms with Crippen molar-refractivity contribution in [3.8, 4) is 5.75 Å². The Labute approximate surface area is 185 Å². The van der Waals surface area contributed by atoms with Crippen molar-refractivity contribution in [1.82, 2.24) is 5.32 Å². The van der Waals surface area contributed by atoms with E-state index in [0.717, 1.165) is 24.7 Å². The normalized spacial score (nSPS) is 15.5. The molecule has 31 heavy (non-hydrogen) atoms. The van der Waals surface area contributed by atoms with Crippen molar-refractivity contribution in [2.45, 2.75) is 58.1 Å². The van der Waals surface area contributed by atoms with E-state index in [9.17, 15) is 13.2 Å². The van der Waals surface area contributed by atoms with Crippen molar-refractivity contribution in [3.05, 3.63) is 59.2 Å². The molecular formula is C24H32N2O4S. The Hall–Kier alpha value is -2.54. The van der Waals surface area contributed by atoms with Gasteiger partial charge in [-0.15, -0.1) is 0 Å². The molecule has 0 radical (unpaired) electrons. The van der Waals surface area contributed by atoms with E-state index >= 15 is 0 Å². The second kappa shape index (κ2) is 9.73.